The molecule has 0 aromatic heterocycles. The molecule has 0 unspecified atom stereocenters. The molecule has 0 bridgehead atoms. The number of carbonyl (C=O) groups excluding carboxylic acids is 4. The molecule has 0 radical (unpaired) electrons. The Morgan fingerprint density at radius 2 is 1.52 bits per heavy atom. The topological polar surface area (TPSA) is 117 Å². The summed E-state index contributed by atoms with van der Waals surface area (Å²) in [5.74, 6) is -4.84. The fourth-order valence-electron chi connectivity index (χ4n) is 2.29. The number of esters is 3. The molecule has 0 aliphatic carbocycles. The Morgan fingerprint density at radius 3 is 1.96 bits per heavy atom. The minimum absolute atomic E-state index is 0.486. The molecule has 1 N–H and O–H groups in total. The van der Waals surface area contributed by atoms with Gasteiger partial charge in [0.25, 0.3) is 0 Å². The Balaban J connectivity index is 3.23. The highest BCUT2D eigenvalue weighted by atomic mass is 79.9. The van der Waals surface area contributed by atoms with Crippen LogP contribution >= 0.6 is 15.9 Å². The van der Waals surface area contributed by atoms with Crippen LogP contribution in [0.2, 0.25) is 0 Å². The van der Waals surface area contributed by atoms with E-state index in [0.29, 0.717) is 0 Å². The fourth-order valence-corrected chi connectivity index (χ4v) is 3.01. The van der Waals surface area contributed by atoms with E-state index in [1.54, 1.807) is 5.32 Å². The Labute approximate surface area is 159 Å². The zero-order valence-corrected chi connectivity index (χ0v) is 16.0. The van der Waals surface area contributed by atoms with Gasteiger partial charge in [0, 0.05) is 20.8 Å². The molecule has 9 nitrogen and oxygen atoms in total. The van der Waals surface area contributed by atoms with E-state index in [1.165, 1.54) is 0 Å². The van der Waals surface area contributed by atoms with Gasteiger partial charge in [0.05, 0.1) is 0 Å². The monoisotopic (exact) mass is 463 g/mol. The molecule has 0 aromatic rings. The number of alkyl halides is 4. The second-order valence-electron chi connectivity index (χ2n) is 5.47. The van der Waals surface area contributed by atoms with Crippen LogP contribution in [0.25, 0.3) is 0 Å². The van der Waals surface area contributed by atoms with Crippen LogP contribution in [0.15, 0.2) is 0 Å². The maximum atomic E-state index is 12.7. The molecule has 0 aromatic carbocycles. The first-order chi connectivity index (χ1) is 12.3. The van der Waals surface area contributed by atoms with Crippen LogP contribution in [0.4, 0.5) is 13.2 Å². The van der Waals surface area contributed by atoms with Crippen LogP contribution in [0.3, 0.4) is 0 Å². The van der Waals surface area contributed by atoms with E-state index in [-0.39, 0.29) is 0 Å². The largest absolute Gasteiger partial charge is 0.471 e. The first kappa shape index (κ1) is 23.1. The van der Waals surface area contributed by atoms with Crippen molar-refractivity contribution >= 4 is 39.7 Å². The molecule has 1 rings (SSSR count). The lowest BCUT2D eigenvalue weighted by Crippen LogP contribution is -2.66. The van der Waals surface area contributed by atoms with Gasteiger partial charge in [0.1, 0.15) is 18.8 Å². The van der Waals surface area contributed by atoms with Crippen molar-refractivity contribution in [1.29, 1.82) is 0 Å². The summed E-state index contributed by atoms with van der Waals surface area (Å²) >= 11 is 2.99. The molecule has 0 spiro atoms. The van der Waals surface area contributed by atoms with Gasteiger partial charge in [0.2, 0.25) is 0 Å². The molecule has 1 heterocycles. The lowest BCUT2D eigenvalue weighted by Gasteiger charge is -2.43. The van der Waals surface area contributed by atoms with Gasteiger partial charge < -0.3 is 24.3 Å². The highest BCUT2D eigenvalue weighted by molar-refractivity contribution is 9.09. The van der Waals surface area contributed by atoms with Gasteiger partial charge in [-0.05, 0) is 0 Å². The molecule has 154 valence electrons. The molecular weight excluding hydrogens is 447 g/mol. The van der Waals surface area contributed by atoms with E-state index >= 15 is 0 Å². The van der Waals surface area contributed by atoms with E-state index in [9.17, 15) is 32.3 Å². The van der Waals surface area contributed by atoms with Crippen molar-refractivity contribution < 1.29 is 51.3 Å². The second-order valence-corrected chi connectivity index (χ2v) is 6.38. The zero-order chi connectivity index (χ0) is 20.9. The minimum Gasteiger partial charge on any atom is -0.463 e. The third-order valence-corrected chi connectivity index (χ3v) is 3.98. The number of halogens is 4. The van der Waals surface area contributed by atoms with Crippen LogP contribution in [0, 0.1) is 0 Å². The third-order valence-electron chi connectivity index (χ3n) is 3.25. The summed E-state index contributed by atoms with van der Waals surface area (Å²) in [5.41, 5.74) is 0. The highest BCUT2D eigenvalue weighted by Crippen LogP contribution is 2.30. The summed E-state index contributed by atoms with van der Waals surface area (Å²) in [6.07, 6.45) is -9.49. The van der Waals surface area contributed by atoms with Crippen molar-refractivity contribution in [3.63, 3.8) is 0 Å². The standard InChI is InChI=1S/C14H17BrF3NO8/c1-5(20)24-4-8-10(25-6(2)21)9(19-13(23)14(16,17)18)11(12(15)27-8)26-7(3)22/h8-12H,4H2,1-3H3,(H,19,23)/t8-,9+,10-,11+,12+/m1/s1. The van der Waals surface area contributed by atoms with Gasteiger partial charge in [0.15, 0.2) is 17.2 Å². The smallest absolute Gasteiger partial charge is 0.463 e. The van der Waals surface area contributed by atoms with Gasteiger partial charge in [-0.1, -0.05) is 15.9 Å². The zero-order valence-electron chi connectivity index (χ0n) is 14.4. The van der Waals surface area contributed by atoms with Crippen LogP contribution in [0.5, 0.6) is 0 Å². The van der Waals surface area contributed by atoms with E-state index in [0.717, 1.165) is 20.8 Å². The molecule has 13 heteroatoms. The van der Waals surface area contributed by atoms with E-state index in [4.69, 9.17) is 18.9 Å². The predicted octanol–water partition coefficient (Wildman–Crippen LogP) is 0.580. The van der Waals surface area contributed by atoms with E-state index in [2.05, 4.69) is 15.9 Å². The van der Waals surface area contributed by atoms with Crippen molar-refractivity contribution in [2.24, 2.45) is 0 Å². The number of rotatable bonds is 5. The molecule has 27 heavy (non-hydrogen) atoms. The average molecular weight is 464 g/mol. The van der Waals surface area contributed by atoms with Gasteiger partial charge in [-0.15, -0.1) is 0 Å². The second kappa shape index (κ2) is 9.35. The number of hydrogen-bond acceptors (Lipinski definition) is 8. The third kappa shape index (κ3) is 6.97. The first-order valence-corrected chi connectivity index (χ1v) is 8.39. The summed E-state index contributed by atoms with van der Waals surface area (Å²) < 4.78 is 58.1. The molecule has 1 fully saturated rings. The maximum absolute atomic E-state index is 12.7. The number of amides is 1. The minimum atomic E-state index is -5.24. The molecule has 1 aliphatic rings. The van der Waals surface area contributed by atoms with Crippen LogP contribution < -0.4 is 5.32 Å². The Kier molecular flexibility index (Phi) is 8.02. The fraction of sp³-hybridized carbons (Fsp3) is 0.714. The quantitative estimate of drug-likeness (QED) is 0.357. The highest BCUT2D eigenvalue weighted by Gasteiger charge is 2.52. The number of carbonyl (C=O) groups is 4. The Morgan fingerprint density at radius 1 is 1.00 bits per heavy atom. The average Bonchev–Trinajstić information content (AvgIpc) is 2.49. The summed E-state index contributed by atoms with van der Waals surface area (Å²) in [5, 5.41) is 0.461. The van der Waals surface area contributed by atoms with Gasteiger partial charge >= 0.3 is 30.0 Å². The SMILES string of the molecule is CC(=O)OC[C@H]1O[C@H](Br)[C@@H](OC(C)=O)[C@@H](NC(=O)C(F)(F)F)[C@@H]1OC(C)=O. The van der Waals surface area contributed by atoms with Crippen molar-refractivity contribution in [2.75, 3.05) is 6.61 Å². The predicted molar refractivity (Wildman–Crippen MR) is 83.3 cm³/mol. The lowest BCUT2D eigenvalue weighted by atomic mass is 9.96. The van der Waals surface area contributed by atoms with E-state index in [1.807, 2.05) is 0 Å². The molecule has 0 saturated carbocycles. The normalized spacial score (nSPS) is 28.0. The van der Waals surface area contributed by atoms with Crippen molar-refractivity contribution in [2.45, 2.75) is 56.3 Å². The van der Waals surface area contributed by atoms with E-state index < -0.39 is 66.0 Å². The molecular formula is C14H17BrF3NO8. The van der Waals surface area contributed by atoms with Crippen molar-refractivity contribution in [3.8, 4) is 0 Å². The summed E-state index contributed by atoms with van der Waals surface area (Å²) in [4.78, 5) is 45.1. The van der Waals surface area contributed by atoms with Gasteiger partial charge in [-0.25, -0.2) is 0 Å². The Bertz CT molecular complexity index is 599. The van der Waals surface area contributed by atoms with Gasteiger partial charge in [-0.3, -0.25) is 19.2 Å². The molecule has 1 aliphatic heterocycles. The van der Waals surface area contributed by atoms with Crippen LogP contribution in [-0.4, -0.2) is 66.0 Å². The maximum Gasteiger partial charge on any atom is 0.471 e. The molecule has 1 amide bonds. The summed E-state index contributed by atoms with van der Waals surface area (Å²) in [7, 11) is 0. The Hall–Kier alpha value is -1.89. The summed E-state index contributed by atoms with van der Waals surface area (Å²) in [6.45, 7) is 2.57. The number of ether oxygens (including phenoxy) is 4. The van der Waals surface area contributed by atoms with Crippen LogP contribution in [0.1, 0.15) is 20.8 Å². The number of nitrogens with one attached hydrogen (secondary N) is 1. The lowest BCUT2D eigenvalue weighted by molar-refractivity contribution is -0.208. The number of hydrogen-bond donors (Lipinski definition) is 1. The van der Waals surface area contributed by atoms with Gasteiger partial charge in [-0.2, -0.15) is 13.2 Å². The molecule has 5 atom stereocenters. The summed E-state index contributed by atoms with van der Waals surface area (Å²) in [6, 6.07) is -1.63. The van der Waals surface area contributed by atoms with Crippen LogP contribution in [-0.2, 0) is 38.1 Å². The first-order valence-electron chi connectivity index (χ1n) is 7.48. The van der Waals surface area contributed by atoms with Crippen molar-refractivity contribution in [3.05, 3.63) is 0 Å². The molecule has 1 saturated heterocycles. The van der Waals surface area contributed by atoms with Crippen molar-refractivity contribution in [1.82, 2.24) is 5.32 Å².